The van der Waals surface area contributed by atoms with E-state index >= 15 is 0 Å². The summed E-state index contributed by atoms with van der Waals surface area (Å²) in [5, 5.41) is -0.235. The van der Waals surface area contributed by atoms with Gasteiger partial charge in [-0.1, -0.05) is 23.7 Å². The van der Waals surface area contributed by atoms with E-state index in [9.17, 15) is 13.2 Å². The molecule has 1 heterocycles. The van der Waals surface area contributed by atoms with E-state index in [2.05, 4.69) is 4.98 Å². The second-order valence-electron chi connectivity index (χ2n) is 3.10. The molecule has 82 valence electrons. The monoisotopic (exact) mass is 243 g/mol. The molecule has 0 aliphatic rings. The van der Waals surface area contributed by atoms with Gasteiger partial charge in [0, 0.05) is 17.3 Å². The van der Waals surface area contributed by atoms with Gasteiger partial charge < -0.3 is 0 Å². The van der Waals surface area contributed by atoms with Gasteiger partial charge in [0.15, 0.2) is 11.6 Å². The van der Waals surface area contributed by atoms with Crippen molar-refractivity contribution in [2.24, 2.45) is 0 Å². The van der Waals surface area contributed by atoms with Crippen molar-refractivity contribution in [3.8, 4) is 11.1 Å². The molecule has 0 saturated heterocycles. The summed E-state index contributed by atoms with van der Waals surface area (Å²) in [6.45, 7) is 0. The molecule has 0 fully saturated rings. The fraction of sp³-hybridized carbons (Fsp3) is 0. The molecule has 0 spiro atoms. The number of hydrogen-bond donors (Lipinski definition) is 0. The molecule has 5 heteroatoms. The molecular weight excluding hydrogens is 239 g/mol. The lowest BCUT2D eigenvalue weighted by molar-refractivity contribution is 0.511. The second kappa shape index (κ2) is 4.14. The van der Waals surface area contributed by atoms with Gasteiger partial charge in [0.05, 0.1) is 5.02 Å². The minimum Gasteiger partial charge on any atom is -0.226 e. The molecule has 0 aliphatic carbocycles. The van der Waals surface area contributed by atoms with Gasteiger partial charge in [0.1, 0.15) is 0 Å². The maximum Gasteiger partial charge on any atom is 0.231 e. The summed E-state index contributed by atoms with van der Waals surface area (Å²) < 4.78 is 39.1. The van der Waals surface area contributed by atoms with E-state index in [1.807, 2.05) is 0 Å². The number of aromatic nitrogens is 1. The molecule has 0 amide bonds. The Morgan fingerprint density at radius 3 is 2.56 bits per heavy atom. The van der Waals surface area contributed by atoms with E-state index in [4.69, 9.17) is 11.6 Å². The van der Waals surface area contributed by atoms with Gasteiger partial charge in [-0.05, 0) is 12.1 Å². The highest BCUT2D eigenvalue weighted by Crippen LogP contribution is 2.26. The van der Waals surface area contributed by atoms with Crippen LogP contribution in [0.4, 0.5) is 13.2 Å². The third-order valence-electron chi connectivity index (χ3n) is 2.06. The zero-order valence-electron chi connectivity index (χ0n) is 7.85. The molecule has 2 aromatic rings. The fourth-order valence-corrected chi connectivity index (χ4v) is 1.46. The molecule has 0 N–H and O–H groups in total. The third-order valence-corrected chi connectivity index (χ3v) is 2.32. The van der Waals surface area contributed by atoms with Crippen LogP contribution in [-0.2, 0) is 0 Å². The summed E-state index contributed by atoms with van der Waals surface area (Å²) in [6.07, 6.45) is 1.10. The molecule has 16 heavy (non-hydrogen) atoms. The number of rotatable bonds is 1. The zero-order valence-corrected chi connectivity index (χ0v) is 8.60. The van der Waals surface area contributed by atoms with Gasteiger partial charge >= 0.3 is 0 Å². The van der Waals surface area contributed by atoms with Gasteiger partial charge in [-0.3, -0.25) is 0 Å². The van der Waals surface area contributed by atoms with Crippen molar-refractivity contribution in [3.05, 3.63) is 53.1 Å². The molecule has 2 rings (SSSR count). The highest BCUT2D eigenvalue weighted by molar-refractivity contribution is 6.30. The van der Waals surface area contributed by atoms with Crippen LogP contribution in [0.5, 0.6) is 0 Å². The predicted molar refractivity (Wildman–Crippen MR) is 54.6 cm³/mol. The summed E-state index contributed by atoms with van der Waals surface area (Å²) in [6, 6.07) is 4.91. The van der Waals surface area contributed by atoms with Gasteiger partial charge in [-0.25, -0.2) is 13.8 Å². The molecule has 0 unspecified atom stereocenters. The van der Waals surface area contributed by atoms with Crippen LogP contribution >= 0.6 is 11.6 Å². The average molecular weight is 244 g/mol. The first kappa shape index (κ1) is 11.0. The summed E-state index contributed by atoms with van der Waals surface area (Å²) in [4.78, 5) is 3.34. The van der Waals surface area contributed by atoms with Crippen molar-refractivity contribution in [1.82, 2.24) is 4.98 Å². The Bertz CT molecular complexity index is 543. The number of nitrogens with zero attached hydrogens (tertiary/aromatic N) is 1. The SMILES string of the molecule is Fc1cccc(-c2cnc(F)c(Cl)c2)c1F. The second-order valence-corrected chi connectivity index (χ2v) is 3.51. The largest absolute Gasteiger partial charge is 0.231 e. The van der Waals surface area contributed by atoms with Crippen LogP contribution in [0.15, 0.2) is 30.5 Å². The van der Waals surface area contributed by atoms with E-state index in [-0.39, 0.29) is 16.1 Å². The van der Waals surface area contributed by atoms with E-state index in [1.165, 1.54) is 18.2 Å². The topological polar surface area (TPSA) is 12.9 Å². The maximum absolute atomic E-state index is 13.4. The number of benzene rings is 1. The molecule has 1 aromatic heterocycles. The summed E-state index contributed by atoms with van der Waals surface area (Å²) in [5.74, 6) is -2.83. The van der Waals surface area contributed by atoms with Crippen molar-refractivity contribution in [1.29, 1.82) is 0 Å². The molecule has 0 radical (unpaired) electrons. The molecule has 0 atom stereocenters. The molecule has 1 nitrogen and oxygen atoms in total. The normalized spacial score (nSPS) is 10.5. The Morgan fingerprint density at radius 2 is 1.88 bits per heavy atom. The zero-order chi connectivity index (χ0) is 11.7. The lowest BCUT2D eigenvalue weighted by Gasteiger charge is -2.04. The van der Waals surface area contributed by atoms with Crippen LogP contribution in [0.3, 0.4) is 0 Å². The minimum absolute atomic E-state index is 0.00519. The van der Waals surface area contributed by atoms with Crippen LogP contribution in [0.1, 0.15) is 0 Å². The van der Waals surface area contributed by atoms with Crippen LogP contribution in [-0.4, -0.2) is 4.98 Å². The first-order valence-corrected chi connectivity index (χ1v) is 4.73. The van der Waals surface area contributed by atoms with Crippen molar-refractivity contribution in [3.63, 3.8) is 0 Å². The van der Waals surface area contributed by atoms with Crippen LogP contribution < -0.4 is 0 Å². The first-order chi connectivity index (χ1) is 7.59. The number of pyridine rings is 1. The smallest absolute Gasteiger partial charge is 0.226 e. The first-order valence-electron chi connectivity index (χ1n) is 4.35. The van der Waals surface area contributed by atoms with E-state index in [0.717, 1.165) is 12.3 Å². The highest BCUT2D eigenvalue weighted by atomic mass is 35.5. The van der Waals surface area contributed by atoms with Crippen molar-refractivity contribution in [2.45, 2.75) is 0 Å². The Hall–Kier alpha value is -1.55. The molecule has 0 bridgehead atoms. The summed E-state index contributed by atoms with van der Waals surface area (Å²) in [5.41, 5.74) is 0.220. The van der Waals surface area contributed by atoms with Crippen LogP contribution in [0.25, 0.3) is 11.1 Å². The van der Waals surface area contributed by atoms with E-state index in [1.54, 1.807) is 0 Å². The van der Waals surface area contributed by atoms with E-state index in [0.29, 0.717) is 0 Å². The Balaban J connectivity index is 2.59. The fourth-order valence-electron chi connectivity index (χ4n) is 1.30. The van der Waals surface area contributed by atoms with Gasteiger partial charge in [0.2, 0.25) is 5.95 Å². The van der Waals surface area contributed by atoms with Crippen LogP contribution in [0, 0.1) is 17.6 Å². The van der Waals surface area contributed by atoms with Gasteiger partial charge in [-0.2, -0.15) is 4.39 Å². The standard InChI is InChI=1S/C11H5ClF3N/c12-8-4-6(5-16-11(8)15)7-2-1-3-9(13)10(7)14/h1-5H. The number of hydrogen-bond acceptors (Lipinski definition) is 1. The Morgan fingerprint density at radius 1 is 1.12 bits per heavy atom. The van der Waals surface area contributed by atoms with Crippen molar-refractivity contribution in [2.75, 3.05) is 0 Å². The van der Waals surface area contributed by atoms with Gasteiger partial charge in [-0.15, -0.1) is 0 Å². The number of halogens is 4. The van der Waals surface area contributed by atoms with Crippen LogP contribution in [0.2, 0.25) is 5.02 Å². The third kappa shape index (κ3) is 1.88. The Kier molecular flexibility index (Phi) is 2.83. The summed E-state index contributed by atoms with van der Waals surface area (Å²) in [7, 11) is 0. The molecule has 0 aliphatic heterocycles. The van der Waals surface area contributed by atoms with Gasteiger partial charge in [0.25, 0.3) is 0 Å². The maximum atomic E-state index is 13.4. The highest BCUT2D eigenvalue weighted by Gasteiger charge is 2.11. The lowest BCUT2D eigenvalue weighted by Crippen LogP contribution is -1.91. The predicted octanol–water partition coefficient (Wildman–Crippen LogP) is 3.82. The minimum atomic E-state index is -1.01. The lowest BCUT2D eigenvalue weighted by atomic mass is 10.1. The molecular formula is C11H5ClF3N. The average Bonchev–Trinajstić information content (AvgIpc) is 2.26. The van der Waals surface area contributed by atoms with E-state index < -0.39 is 17.6 Å². The van der Waals surface area contributed by atoms with Crippen molar-refractivity contribution < 1.29 is 13.2 Å². The Labute approximate surface area is 94.5 Å². The molecule has 1 aromatic carbocycles. The molecule has 0 saturated carbocycles. The van der Waals surface area contributed by atoms with Crippen molar-refractivity contribution >= 4 is 11.6 Å². The summed E-state index contributed by atoms with van der Waals surface area (Å²) >= 11 is 5.50. The quantitative estimate of drug-likeness (QED) is 0.694.